The fourth-order valence-electron chi connectivity index (χ4n) is 3.88. The minimum absolute atomic E-state index is 0.0708. The zero-order valence-corrected chi connectivity index (χ0v) is 17.9. The van der Waals surface area contributed by atoms with Crippen molar-refractivity contribution in [2.45, 2.75) is 18.8 Å². The monoisotopic (exact) mass is 484 g/mol. The van der Waals surface area contributed by atoms with Gasteiger partial charge in [-0.2, -0.15) is 13.2 Å². The van der Waals surface area contributed by atoms with E-state index in [-0.39, 0.29) is 11.4 Å². The second kappa shape index (κ2) is 6.99. The molecule has 0 radical (unpaired) electrons. The Labute approximate surface area is 184 Å². The van der Waals surface area contributed by atoms with Crippen LogP contribution >= 0.6 is 15.9 Å². The van der Waals surface area contributed by atoms with Gasteiger partial charge in [0.1, 0.15) is 6.34 Å². The highest BCUT2D eigenvalue weighted by atomic mass is 79.9. The molecule has 1 unspecified atom stereocenters. The average molecular weight is 485 g/mol. The normalized spacial score (nSPS) is 18.1. The van der Waals surface area contributed by atoms with E-state index >= 15 is 0 Å². The predicted octanol–water partition coefficient (Wildman–Crippen LogP) is 7.06. The van der Waals surface area contributed by atoms with E-state index in [4.69, 9.17) is 4.74 Å². The molecule has 0 saturated carbocycles. The minimum Gasteiger partial charge on any atom is -0.436 e. The Morgan fingerprint density at radius 2 is 1.68 bits per heavy atom. The number of aromatic nitrogens is 1. The largest absolute Gasteiger partial charge is 0.455 e. The van der Waals surface area contributed by atoms with Gasteiger partial charge in [0.15, 0.2) is 0 Å². The number of alkyl halides is 3. The molecule has 3 nitrogen and oxygen atoms in total. The van der Waals surface area contributed by atoms with E-state index in [0.29, 0.717) is 11.1 Å². The number of rotatable bonds is 2. The summed E-state index contributed by atoms with van der Waals surface area (Å²) in [6.07, 6.45) is -3.55. The van der Waals surface area contributed by atoms with Crippen LogP contribution in [-0.4, -0.2) is 17.1 Å². The number of hydrogen-bond acceptors (Lipinski definition) is 2. The van der Waals surface area contributed by atoms with Crippen molar-refractivity contribution >= 4 is 33.2 Å². The van der Waals surface area contributed by atoms with Gasteiger partial charge in [0, 0.05) is 15.4 Å². The molecule has 1 atom stereocenters. The Morgan fingerprint density at radius 1 is 0.968 bits per heavy atom. The highest BCUT2D eigenvalue weighted by Gasteiger charge is 2.61. The Morgan fingerprint density at radius 3 is 2.35 bits per heavy atom. The van der Waals surface area contributed by atoms with Gasteiger partial charge < -0.3 is 4.74 Å². The van der Waals surface area contributed by atoms with Gasteiger partial charge in [-0.25, -0.2) is 4.99 Å². The van der Waals surface area contributed by atoms with Crippen molar-refractivity contribution in [1.29, 1.82) is 0 Å². The van der Waals surface area contributed by atoms with E-state index in [0.717, 1.165) is 21.0 Å². The topological polar surface area (TPSA) is 26.5 Å². The minimum atomic E-state index is -4.77. The first kappa shape index (κ1) is 19.9. The quantitative estimate of drug-likeness (QED) is 0.299. The van der Waals surface area contributed by atoms with Crippen molar-refractivity contribution in [2.24, 2.45) is 4.99 Å². The molecule has 5 rings (SSSR count). The fraction of sp³-hybridized carbons (Fsp3) is 0.125. The lowest BCUT2D eigenvalue weighted by Gasteiger charge is -2.35. The van der Waals surface area contributed by atoms with Crippen molar-refractivity contribution in [2.75, 3.05) is 0 Å². The number of fused-ring (bicyclic) bond motifs is 3. The zero-order valence-electron chi connectivity index (χ0n) is 16.3. The van der Waals surface area contributed by atoms with Crippen LogP contribution in [-0.2, 0) is 5.72 Å². The van der Waals surface area contributed by atoms with E-state index in [1.165, 1.54) is 18.5 Å². The number of nitrogens with zero attached hydrogens (tertiary/aromatic N) is 2. The fourth-order valence-corrected chi connectivity index (χ4v) is 4.24. The van der Waals surface area contributed by atoms with Gasteiger partial charge in [-0.3, -0.25) is 4.57 Å². The van der Waals surface area contributed by atoms with Crippen molar-refractivity contribution in [3.63, 3.8) is 0 Å². The van der Waals surface area contributed by atoms with Crippen LogP contribution in [0.25, 0.3) is 22.0 Å². The number of aliphatic imine (C=N–C) groups is 1. The maximum absolute atomic E-state index is 14.5. The lowest BCUT2D eigenvalue weighted by Crippen LogP contribution is -2.48. The lowest BCUT2D eigenvalue weighted by molar-refractivity contribution is -0.253. The molecule has 0 aliphatic carbocycles. The number of hydrogen-bond donors (Lipinski definition) is 0. The first-order valence-electron chi connectivity index (χ1n) is 9.57. The third-order valence-electron chi connectivity index (χ3n) is 5.41. The summed E-state index contributed by atoms with van der Waals surface area (Å²) in [5.41, 5.74) is 0.00788. The summed E-state index contributed by atoms with van der Waals surface area (Å²) >= 11 is 3.47. The molecule has 0 N–H and O–H groups in total. The van der Waals surface area contributed by atoms with Crippen LogP contribution in [0.4, 0.5) is 13.2 Å². The number of benzene rings is 3. The molecule has 3 aromatic carbocycles. The molecule has 0 amide bonds. The third-order valence-corrected chi connectivity index (χ3v) is 5.90. The second-order valence-electron chi connectivity index (χ2n) is 7.43. The molecule has 0 spiro atoms. The standard InChI is InChI=1S/C24H16BrF3N2O/c1-15-7-9-17(10-8-15)23(24(26,27)28)29-14-30-20-12-11-18(25)13-19(20)21(22(30)31-23)16-5-3-2-4-6-16/h2-14H,1H3. The summed E-state index contributed by atoms with van der Waals surface area (Å²) < 4.78 is 51.7. The van der Waals surface area contributed by atoms with Crippen LogP contribution in [0.1, 0.15) is 11.1 Å². The Kier molecular flexibility index (Phi) is 4.48. The summed E-state index contributed by atoms with van der Waals surface area (Å²) in [5, 5.41) is 0.768. The highest BCUT2D eigenvalue weighted by Crippen LogP contribution is 2.50. The summed E-state index contributed by atoms with van der Waals surface area (Å²) in [6, 6.07) is 20.9. The molecule has 156 valence electrons. The van der Waals surface area contributed by atoms with Crippen LogP contribution in [0.15, 0.2) is 82.3 Å². The van der Waals surface area contributed by atoms with Gasteiger partial charge in [-0.1, -0.05) is 76.1 Å². The molecule has 2 heterocycles. The van der Waals surface area contributed by atoms with Crippen LogP contribution in [0.2, 0.25) is 0 Å². The van der Waals surface area contributed by atoms with E-state index in [1.807, 2.05) is 55.5 Å². The summed E-state index contributed by atoms with van der Waals surface area (Å²) in [5.74, 6) is 0.104. The van der Waals surface area contributed by atoms with Crippen molar-refractivity contribution in [3.05, 3.63) is 88.4 Å². The van der Waals surface area contributed by atoms with Crippen LogP contribution < -0.4 is 4.74 Å². The molecule has 4 aromatic rings. The van der Waals surface area contributed by atoms with E-state index in [2.05, 4.69) is 20.9 Å². The van der Waals surface area contributed by atoms with E-state index in [9.17, 15) is 13.2 Å². The summed E-state index contributed by atoms with van der Waals surface area (Å²) in [6.45, 7) is 1.82. The molecular formula is C24H16BrF3N2O. The number of ether oxygens (including phenoxy) is 1. The Hall–Kier alpha value is -3.06. The van der Waals surface area contributed by atoms with Crippen LogP contribution in [0, 0.1) is 6.92 Å². The van der Waals surface area contributed by atoms with Crippen molar-refractivity contribution in [3.8, 4) is 17.0 Å². The maximum atomic E-state index is 14.5. The van der Waals surface area contributed by atoms with Crippen LogP contribution in [0.5, 0.6) is 5.88 Å². The zero-order chi connectivity index (χ0) is 21.8. The highest BCUT2D eigenvalue weighted by molar-refractivity contribution is 9.10. The average Bonchev–Trinajstić information content (AvgIpc) is 3.06. The van der Waals surface area contributed by atoms with Gasteiger partial charge in [0.2, 0.25) is 5.88 Å². The summed E-state index contributed by atoms with van der Waals surface area (Å²) in [4.78, 5) is 3.93. The molecule has 0 bridgehead atoms. The first-order chi connectivity index (χ1) is 14.8. The Balaban J connectivity index is 1.81. The van der Waals surface area contributed by atoms with Gasteiger partial charge in [-0.15, -0.1) is 0 Å². The molecule has 31 heavy (non-hydrogen) atoms. The van der Waals surface area contributed by atoms with E-state index < -0.39 is 11.9 Å². The number of halogens is 4. The van der Waals surface area contributed by atoms with Gasteiger partial charge >= 0.3 is 11.9 Å². The molecular weight excluding hydrogens is 469 g/mol. The predicted molar refractivity (Wildman–Crippen MR) is 119 cm³/mol. The Bertz CT molecular complexity index is 1310. The smallest absolute Gasteiger partial charge is 0.436 e. The SMILES string of the molecule is Cc1ccc(C2(C(F)(F)F)N=Cn3c(c(-c4ccccc4)c4cc(Br)ccc43)O2)cc1. The first-order valence-corrected chi connectivity index (χ1v) is 10.4. The molecule has 0 saturated heterocycles. The molecule has 7 heteroatoms. The molecule has 0 fully saturated rings. The van der Waals surface area contributed by atoms with Crippen molar-refractivity contribution < 1.29 is 17.9 Å². The van der Waals surface area contributed by atoms with E-state index in [1.54, 1.807) is 16.7 Å². The van der Waals surface area contributed by atoms with Crippen molar-refractivity contribution in [1.82, 2.24) is 4.57 Å². The summed E-state index contributed by atoms with van der Waals surface area (Å²) in [7, 11) is 0. The second-order valence-corrected chi connectivity index (χ2v) is 8.35. The van der Waals surface area contributed by atoms with Crippen LogP contribution in [0.3, 0.4) is 0 Å². The van der Waals surface area contributed by atoms with Gasteiger partial charge in [-0.05, 0) is 30.7 Å². The van der Waals surface area contributed by atoms with Gasteiger partial charge in [0.25, 0.3) is 0 Å². The van der Waals surface area contributed by atoms with Gasteiger partial charge in [0.05, 0.1) is 11.1 Å². The maximum Gasteiger partial charge on any atom is 0.455 e. The lowest BCUT2D eigenvalue weighted by atomic mass is 10.00. The number of aryl methyl sites for hydroxylation is 1. The molecule has 1 aliphatic heterocycles. The molecule has 1 aliphatic rings. The molecule has 1 aromatic heterocycles. The third kappa shape index (κ3) is 3.07.